The van der Waals surface area contributed by atoms with E-state index in [0.717, 1.165) is 0 Å². The quantitative estimate of drug-likeness (QED) is 0.633. The summed E-state index contributed by atoms with van der Waals surface area (Å²) in [4.78, 5) is 27.7. The van der Waals surface area contributed by atoms with E-state index in [0.29, 0.717) is 28.1 Å². The number of hydrogen-bond donors (Lipinski definition) is 1. The first-order valence-corrected chi connectivity index (χ1v) is 9.48. The molecule has 0 saturated carbocycles. The molecule has 1 amide bonds. The number of anilines is 1. The molecule has 1 N–H and O–H groups in total. The van der Waals surface area contributed by atoms with Crippen LogP contribution in [-0.4, -0.2) is 23.9 Å². The number of ether oxygens (including phenoxy) is 1. The number of methoxy groups -OCH3 is 1. The molecule has 3 aromatic carbocycles. The highest BCUT2D eigenvalue weighted by Gasteiger charge is 2.50. The van der Waals surface area contributed by atoms with Gasteiger partial charge in [-0.05, 0) is 35.9 Å². The number of ketones is 1. The van der Waals surface area contributed by atoms with Crippen molar-refractivity contribution in [3.05, 3.63) is 95.3 Å². The Morgan fingerprint density at radius 2 is 1.70 bits per heavy atom. The maximum absolute atomic E-state index is 13.3. The van der Waals surface area contributed by atoms with E-state index in [4.69, 9.17) is 4.74 Å². The van der Waals surface area contributed by atoms with Crippen LogP contribution in [0.5, 0.6) is 5.75 Å². The van der Waals surface area contributed by atoms with Crippen LogP contribution >= 0.6 is 0 Å². The lowest BCUT2D eigenvalue weighted by atomic mass is 9.88. The highest BCUT2D eigenvalue weighted by atomic mass is 19.1. The molecule has 1 atom stereocenters. The van der Waals surface area contributed by atoms with Gasteiger partial charge in [-0.1, -0.05) is 42.5 Å². The van der Waals surface area contributed by atoms with Crippen LogP contribution in [0.1, 0.15) is 27.9 Å². The van der Waals surface area contributed by atoms with Gasteiger partial charge in [-0.2, -0.15) is 0 Å². The maximum atomic E-state index is 13.3. The highest BCUT2D eigenvalue weighted by Crippen LogP contribution is 2.43. The number of nitrogens with zero attached hydrogens (tertiary/aromatic N) is 1. The minimum Gasteiger partial charge on any atom is -0.496 e. The number of aliphatic hydroxyl groups is 1. The number of amides is 1. The molecule has 0 fully saturated rings. The van der Waals surface area contributed by atoms with Crippen molar-refractivity contribution >= 4 is 17.4 Å². The van der Waals surface area contributed by atoms with Gasteiger partial charge in [0.25, 0.3) is 5.91 Å². The summed E-state index contributed by atoms with van der Waals surface area (Å²) in [6.07, 6.45) is -0.414. The number of fused-ring (bicyclic) bond motifs is 1. The Balaban J connectivity index is 1.68. The van der Waals surface area contributed by atoms with Crippen molar-refractivity contribution in [2.45, 2.75) is 18.6 Å². The van der Waals surface area contributed by atoms with Crippen LogP contribution in [0, 0.1) is 5.82 Å². The average molecular weight is 405 g/mol. The lowest BCUT2D eigenvalue weighted by Crippen LogP contribution is -2.41. The van der Waals surface area contributed by atoms with Crippen LogP contribution in [0.4, 0.5) is 10.1 Å². The molecule has 30 heavy (non-hydrogen) atoms. The second-order valence-corrected chi connectivity index (χ2v) is 7.20. The number of rotatable bonds is 6. The molecule has 6 heteroatoms. The standard InChI is InChI=1S/C24H20FNO4/c1-30-22-9-5-2-6-18(22)21(27)14-24(29)19-7-3-4-8-20(19)26(23(24)28)15-16-10-12-17(25)13-11-16/h2-13,29H,14-15H2,1H3. The van der Waals surface area contributed by atoms with Crippen molar-refractivity contribution in [2.75, 3.05) is 12.0 Å². The molecule has 152 valence electrons. The van der Waals surface area contributed by atoms with Crippen LogP contribution in [0.3, 0.4) is 0 Å². The first-order valence-electron chi connectivity index (χ1n) is 9.48. The van der Waals surface area contributed by atoms with E-state index in [2.05, 4.69) is 0 Å². The zero-order valence-electron chi connectivity index (χ0n) is 16.3. The Hall–Kier alpha value is -3.51. The highest BCUT2D eigenvalue weighted by molar-refractivity contribution is 6.11. The van der Waals surface area contributed by atoms with Gasteiger partial charge in [0.1, 0.15) is 11.6 Å². The van der Waals surface area contributed by atoms with E-state index in [9.17, 15) is 19.1 Å². The van der Waals surface area contributed by atoms with E-state index in [1.54, 1.807) is 60.7 Å². The van der Waals surface area contributed by atoms with Gasteiger partial charge in [0.05, 0.1) is 31.3 Å². The van der Waals surface area contributed by atoms with Gasteiger partial charge in [0.2, 0.25) is 0 Å². The summed E-state index contributed by atoms with van der Waals surface area (Å²) >= 11 is 0. The SMILES string of the molecule is COc1ccccc1C(=O)CC1(O)C(=O)N(Cc2ccc(F)cc2)c2ccccc21. The second kappa shape index (κ2) is 7.72. The number of Topliss-reactive ketones (excluding diaryl/α,β-unsaturated/α-hetero) is 1. The summed E-state index contributed by atoms with van der Waals surface area (Å²) in [6, 6.07) is 19.4. The van der Waals surface area contributed by atoms with Gasteiger partial charge >= 0.3 is 0 Å². The summed E-state index contributed by atoms with van der Waals surface area (Å²) in [6.45, 7) is 0.154. The Morgan fingerprint density at radius 3 is 2.43 bits per heavy atom. The number of hydrogen-bond acceptors (Lipinski definition) is 4. The van der Waals surface area contributed by atoms with Crippen molar-refractivity contribution in [3.63, 3.8) is 0 Å². The fourth-order valence-electron chi connectivity index (χ4n) is 3.81. The third-order valence-electron chi connectivity index (χ3n) is 5.32. The smallest absolute Gasteiger partial charge is 0.264 e. The van der Waals surface area contributed by atoms with E-state index in [-0.39, 0.29) is 12.4 Å². The van der Waals surface area contributed by atoms with E-state index in [1.165, 1.54) is 24.1 Å². The van der Waals surface area contributed by atoms with Crippen molar-refractivity contribution in [2.24, 2.45) is 0 Å². The first kappa shape index (κ1) is 19.8. The van der Waals surface area contributed by atoms with Crippen molar-refractivity contribution in [1.82, 2.24) is 0 Å². The van der Waals surface area contributed by atoms with Crippen LogP contribution in [-0.2, 0) is 16.9 Å². The Bertz CT molecular complexity index is 1110. The molecule has 0 aromatic heterocycles. The van der Waals surface area contributed by atoms with Crippen LogP contribution in [0.25, 0.3) is 0 Å². The Morgan fingerprint density at radius 1 is 1.03 bits per heavy atom. The molecule has 5 nitrogen and oxygen atoms in total. The van der Waals surface area contributed by atoms with Gasteiger partial charge in [-0.15, -0.1) is 0 Å². The second-order valence-electron chi connectivity index (χ2n) is 7.20. The average Bonchev–Trinajstić information content (AvgIpc) is 2.97. The number of carbonyl (C=O) groups excluding carboxylic acids is 2. The third kappa shape index (κ3) is 3.35. The predicted molar refractivity (Wildman–Crippen MR) is 110 cm³/mol. The molecular weight excluding hydrogens is 385 g/mol. The first-order chi connectivity index (χ1) is 14.4. The molecule has 1 unspecified atom stereocenters. The summed E-state index contributed by atoms with van der Waals surface area (Å²) in [5, 5.41) is 11.4. The van der Waals surface area contributed by atoms with Gasteiger partial charge in [0.15, 0.2) is 11.4 Å². The Labute approximate surface area is 173 Å². The fourth-order valence-corrected chi connectivity index (χ4v) is 3.81. The summed E-state index contributed by atoms with van der Waals surface area (Å²) in [7, 11) is 1.46. The monoisotopic (exact) mass is 405 g/mol. The Kier molecular flexibility index (Phi) is 5.10. The summed E-state index contributed by atoms with van der Waals surface area (Å²) < 4.78 is 18.5. The zero-order chi connectivity index (χ0) is 21.3. The van der Waals surface area contributed by atoms with Gasteiger partial charge in [0, 0.05) is 5.56 Å². The van der Waals surface area contributed by atoms with E-state index < -0.39 is 23.7 Å². The molecular formula is C24H20FNO4. The third-order valence-corrected chi connectivity index (χ3v) is 5.32. The number of halogens is 1. The van der Waals surface area contributed by atoms with E-state index in [1.807, 2.05) is 0 Å². The minimum atomic E-state index is -1.99. The largest absolute Gasteiger partial charge is 0.496 e. The molecule has 1 heterocycles. The molecule has 0 bridgehead atoms. The van der Waals surface area contributed by atoms with Crippen LogP contribution in [0.2, 0.25) is 0 Å². The fraction of sp³-hybridized carbons (Fsp3) is 0.167. The molecule has 0 aliphatic carbocycles. The summed E-state index contributed by atoms with van der Waals surface area (Å²) in [5.74, 6) is -0.975. The van der Waals surface area contributed by atoms with Crippen LogP contribution < -0.4 is 9.64 Å². The van der Waals surface area contributed by atoms with Crippen molar-refractivity contribution < 1.29 is 23.8 Å². The van der Waals surface area contributed by atoms with Gasteiger partial charge in [-0.25, -0.2) is 4.39 Å². The number of para-hydroxylation sites is 2. The maximum Gasteiger partial charge on any atom is 0.264 e. The minimum absolute atomic E-state index is 0.154. The van der Waals surface area contributed by atoms with Crippen LogP contribution in [0.15, 0.2) is 72.8 Å². The number of benzene rings is 3. The molecule has 0 radical (unpaired) electrons. The number of carbonyl (C=O) groups is 2. The molecule has 0 spiro atoms. The molecule has 0 saturated heterocycles. The molecule has 4 rings (SSSR count). The molecule has 1 aliphatic heterocycles. The van der Waals surface area contributed by atoms with E-state index >= 15 is 0 Å². The van der Waals surface area contributed by atoms with Crippen molar-refractivity contribution in [3.8, 4) is 5.75 Å². The van der Waals surface area contributed by atoms with Gasteiger partial charge < -0.3 is 14.7 Å². The lowest BCUT2D eigenvalue weighted by molar-refractivity contribution is -0.136. The molecule has 3 aromatic rings. The zero-order valence-corrected chi connectivity index (χ0v) is 16.3. The molecule has 1 aliphatic rings. The lowest BCUT2D eigenvalue weighted by Gasteiger charge is -2.23. The van der Waals surface area contributed by atoms with Crippen molar-refractivity contribution in [1.29, 1.82) is 0 Å². The topological polar surface area (TPSA) is 66.8 Å². The normalized spacial score (nSPS) is 17.7. The van der Waals surface area contributed by atoms with Gasteiger partial charge in [-0.3, -0.25) is 9.59 Å². The predicted octanol–water partition coefficient (Wildman–Crippen LogP) is 3.84. The summed E-state index contributed by atoms with van der Waals surface area (Å²) in [5.41, 5.74) is -0.0766.